The van der Waals surface area contributed by atoms with Gasteiger partial charge in [0.25, 0.3) is 0 Å². The zero-order valence-electron chi connectivity index (χ0n) is 35.3. The lowest BCUT2D eigenvalue weighted by Crippen LogP contribution is -2.61. The van der Waals surface area contributed by atoms with Crippen LogP contribution in [0.4, 0.5) is 0 Å². The van der Waals surface area contributed by atoms with Crippen LogP contribution in [0.25, 0.3) is 0 Å². The summed E-state index contributed by atoms with van der Waals surface area (Å²) in [7, 11) is 0. The molecule has 0 fully saturated rings. The van der Waals surface area contributed by atoms with Crippen LogP contribution >= 0.6 is 0 Å². The number of carbonyl (C=O) groups excluding carboxylic acids is 7. The smallest absolute Gasteiger partial charge is 0.243 e. The van der Waals surface area contributed by atoms with Crippen LogP contribution in [-0.2, 0) is 40.0 Å². The second kappa shape index (κ2) is 28.7. The number of hydrogen-bond acceptors (Lipinski definition) is 10. The van der Waals surface area contributed by atoms with E-state index < -0.39 is 83.5 Å². The Morgan fingerprint density at radius 3 is 1.33 bits per heavy atom. The SMILES string of the molecule is CC[C@H](C)[C@H](NC(=O)[C@H](CCCCN)NC(=O)[C@@H](NC(=O)[C@H](CCCCN)NC(=O)[C@H](Cc1ccccc1)NC(=O)[C@H](CCCCN)NC(C)=O)[C@@H](C)CC)C(N)=O. The fourth-order valence-corrected chi connectivity index (χ4v) is 6.33. The van der Waals surface area contributed by atoms with Gasteiger partial charge in [-0.25, -0.2) is 0 Å². The molecule has 0 aromatic heterocycles. The molecule has 0 unspecified atom stereocenters. The van der Waals surface area contributed by atoms with E-state index in [0.29, 0.717) is 77.4 Å². The Morgan fingerprint density at radius 2 is 0.897 bits per heavy atom. The second-order valence-corrected chi connectivity index (χ2v) is 15.1. The fraction of sp³-hybridized carbons (Fsp3) is 0.683. The number of rotatable bonds is 30. The molecule has 0 radical (unpaired) electrons. The van der Waals surface area contributed by atoms with E-state index >= 15 is 0 Å². The summed E-state index contributed by atoms with van der Waals surface area (Å²) in [6.07, 6.45) is 5.21. The van der Waals surface area contributed by atoms with Crippen LogP contribution in [-0.4, -0.2) is 97.2 Å². The molecule has 0 bridgehead atoms. The van der Waals surface area contributed by atoms with Gasteiger partial charge in [0.15, 0.2) is 0 Å². The normalized spacial score (nSPS) is 15.2. The first kappa shape index (κ1) is 51.4. The summed E-state index contributed by atoms with van der Waals surface area (Å²) in [5, 5.41) is 16.6. The van der Waals surface area contributed by atoms with E-state index in [4.69, 9.17) is 22.9 Å². The molecule has 0 saturated carbocycles. The summed E-state index contributed by atoms with van der Waals surface area (Å²) in [5.74, 6) is -4.77. The molecule has 14 N–H and O–H groups in total. The predicted octanol–water partition coefficient (Wildman–Crippen LogP) is 0.122. The van der Waals surface area contributed by atoms with Crippen LogP contribution in [0.3, 0.4) is 0 Å². The van der Waals surface area contributed by atoms with Crippen LogP contribution in [0.15, 0.2) is 30.3 Å². The maximum absolute atomic E-state index is 14.1. The van der Waals surface area contributed by atoms with Crippen molar-refractivity contribution in [1.82, 2.24) is 31.9 Å². The minimum atomic E-state index is -1.13. The molecule has 0 saturated heterocycles. The Balaban J connectivity index is 3.43. The van der Waals surface area contributed by atoms with Crippen molar-refractivity contribution in [2.45, 2.75) is 148 Å². The lowest BCUT2D eigenvalue weighted by atomic mass is 9.96. The van der Waals surface area contributed by atoms with Gasteiger partial charge in [-0.05, 0) is 94.8 Å². The molecule has 0 aliphatic heterocycles. The lowest BCUT2D eigenvalue weighted by molar-refractivity contribution is -0.136. The van der Waals surface area contributed by atoms with E-state index in [9.17, 15) is 33.6 Å². The average molecular weight is 817 g/mol. The van der Waals surface area contributed by atoms with Crippen molar-refractivity contribution < 1.29 is 33.6 Å². The fourth-order valence-electron chi connectivity index (χ4n) is 6.33. The van der Waals surface area contributed by atoms with Crippen molar-refractivity contribution >= 4 is 41.4 Å². The standard InChI is InChI=1S/C41H72N10O7/c1-6-26(3)34(36(45)53)50-38(55)32(21-13-16-24-44)48-41(58)35(27(4)7-2)51-39(56)31(20-12-15-23-43)47-40(57)33(25-29-17-9-8-10-18-29)49-37(54)30(46-28(5)52)19-11-14-22-42/h8-10,17-18,26-27,30-35H,6-7,11-16,19-25,42-44H2,1-5H3,(H2,45,53)(H,46,52)(H,47,57)(H,48,58)(H,49,54)(H,50,55)(H,51,56)/t26-,27-,30-,31-,32-,33-,34-,35-/m0/s1. The summed E-state index contributed by atoms with van der Waals surface area (Å²) in [4.78, 5) is 93.5. The molecule has 1 rings (SSSR count). The van der Waals surface area contributed by atoms with Crippen LogP contribution < -0.4 is 54.8 Å². The summed E-state index contributed by atoms with van der Waals surface area (Å²) < 4.78 is 0. The Hall–Kier alpha value is -4.61. The van der Waals surface area contributed by atoms with Gasteiger partial charge in [0.1, 0.15) is 36.3 Å². The molecule has 17 heteroatoms. The maximum atomic E-state index is 14.1. The minimum absolute atomic E-state index is 0.0876. The Bertz CT molecular complexity index is 1430. The van der Waals surface area contributed by atoms with E-state index in [1.807, 2.05) is 32.0 Å². The largest absolute Gasteiger partial charge is 0.368 e. The molecule has 1 aromatic carbocycles. The summed E-state index contributed by atoms with van der Waals surface area (Å²) >= 11 is 0. The highest BCUT2D eigenvalue weighted by atomic mass is 16.2. The highest BCUT2D eigenvalue weighted by Crippen LogP contribution is 2.14. The van der Waals surface area contributed by atoms with Gasteiger partial charge in [-0.1, -0.05) is 70.9 Å². The van der Waals surface area contributed by atoms with Crippen LogP contribution in [0.1, 0.15) is 111 Å². The molecule has 0 aliphatic rings. The van der Waals surface area contributed by atoms with Crippen LogP contribution in [0.2, 0.25) is 0 Å². The predicted molar refractivity (Wildman–Crippen MR) is 224 cm³/mol. The second-order valence-electron chi connectivity index (χ2n) is 15.1. The molecule has 0 heterocycles. The van der Waals surface area contributed by atoms with Crippen molar-refractivity contribution in [3.8, 4) is 0 Å². The number of nitrogens with one attached hydrogen (secondary N) is 6. The van der Waals surface area contributed by atoms with Crippen molar-refractivity contribution in [3.63, 3.8) is 0 Å². The number of amides is 7. The summed E-state index contributed by atoms with van der Waals surface area (Å²) in [6.45, 7) is 9.75. The molecule has 0 spiro atoms. The third-order valence-corrected chi connectivity index (χ3v) is 10.3. The summed E-state index contributed by atoms with van der Waals surface area (Å²) in [5.41, 5.74) is 23.4. The number of hydrogen-bond donors (Lipinski definition) is 10. The van der Waals surface area contributed by atoms with Crippen molar-refractivity contribution in [1.29, 1.82) is 0 Å². The van der Waals surface area contributed by atoms with Crippen LogP contribution in [0.5, 0.6) is 0 Å². The summed E-state index contributed by atoms with van der Waals surface area (Å²) in [6, 6.07) is 2.77. The average Bonchev–Trinajstić information content (AvgIpc) is 3.19. The van der Waals surface area contributed by atoms with Crippen molar-refractivity contribution in [3.05, 3.63) is 35.9 Å². The molecule has 17 nitrogen and oxygen atoms in total. The molecular weight excluding hydrogens is 745 g/mol. The maximum Gasteiger partial charge on any atom is 0.243 e. The molecule has 1 aromatic rings. The third-order valence-electron chi connectivity index (χ3n) is 10.3. The third kappa shape index (κ3) is 19.2. The number of primary amides is 1. The number of carbonyl (C=O) groups is 7. The van der Waals surface area contributed by atoms with E-state index in [1.54, 1.807) is 26.0 Å². The minimum Gasteiger partial charge on any atom is -0.368 e. The van der Waals surface area contributed by atoms with Gasteiger partial charge in [0, 0.05) is 13.3 Å². The molecule has 7 amide bonds. The van der Waals surface area contributed by atoms with Gasteiger partial charge in [-0.2, -0.15) is 0 Å². The first-order valence-electron chi connectivity index (χ1n) is 20.9. The highest BCUT2D eigenvalue weighted by molar-refractivity contribution is 5.97. The zero-order valence-corrected chi connectivity index (χ0v) is 35.3. The molecule has 0 aliphatic carbocycles. The Morgan fingerprint density at radius 1 is 0.517 bits per heavy atom. The van der Waals surface area contributed by atoms with Gasteiger partial charge in [0.05, 0.1) is 0 Å². The van der Waals surface area contributed by atoms with E-state index in [-0.39, 0.29) is 25.2 Å². The lowest BCUT2D eigenvalue weighted by Gasteiger charge is -2.30. The van der Waals surface area contributed by atoms with Gasteiger partial charge in [0.2, 0.25) is 41.4 Å². The van der Waals surface area contributed by atoms with E-state index in [2.05, 4.69) is 31.9 Å². The molecule has 328 valence electrons. The van der Waals surface area contributed by atoms with E-state index in [1.165, 1.54) is 6.92 Å². The van der Waals surface area contributed by atoms with Gasteiger partial charge >= 0.3 is 0 Å². The van der Waals surface area contributed by atoms with Gasteiger partial charge in [-0.3, -0.25) is 33.6 Å². The molecule has 8 atom stereocenters. The first-order valence-corrected chi connectivity index (χ1v) is 20.9. The quantitative estimate of drug-likeness (QED) is 0.0468. The Labute approximate surface area is 344 Å². The number of nitrogens with two attached hydrogens (primary N) is 4. The Kier molecular flexibility index (Phi) is 25.5. The number of unbranched alkanes of at least 4 members (excludes halogenated alkanes) is 3. The van der Waals surface area contributed by atoms with Gasteiger partial charge < -0.3 is 54.8 Å². The first-order chi connectivity index (χ1) is 27.6. The molecule has 58 heavy (non-hydrogen) atoms. The molecular formula is C41H72N10O7. The monoisotopic (exact) mass is 817 g/mol. The van der Waals surface area contributed by atoms with E-state index in [0.717, 1.165) is 5.56 Å². The number of benzene rings is 1. The van der Waals surface area contributed by atoms with Crippen molar-refractivity contribution in [2.24, 2.45) is 34.8 Å². The highest BCUT2D eigenvalue weighted by Gasteiger charge is 2.35. The van der Waals surface area contributed by atoms with Gasteiger partial charge in [-0.15, -0.1) is 0 Å². The van der Waals surface area contributed by atoms with Crippen LogP contribution in [0, 0.1) is 11.8 Å². The zero-order chi connectivity index (χ0) is 43.6. The topological polar surface area (TPSA) is 296 Å². The van der Waals surface area contributed by atoms with Crippen molar-refractivity contribution in [2.75, 3.05) is 19.6 Å².